The maximum Gasteiger partial charge on any atom is 0.159 e. The van der Waals surface area contributed by atoms with Gasteiger partial charge in [0.05, 0.1) is 16.8 Å². The fourth-order valence-electron chi connectivity index (χ4n) is 7.84. The Kier molecular flexibility index (Phi) is 5.83. The van der Waals surface area contributed by atoms with Crippen LogP contribution in [0.25, 0.3) is 85.9 Å². The molecule has 0 atom stereocenters. The van der Waals surface area contributed by atoms with Crippen LogP contribution in [-0.4, -0.2) is 0 Å². The largest absolute Gasteiger partial charge is 0.456 e. The summed E-state index contributed by atoms with van der Waals surface area (Å²) in [7, 11) is 0. The van der Waals surface area contributed by atoms with Crippen molar-refractivity contribution in [2.75, 3.05) is 4.90 Å². The topological polar surface area (TPSA) is 29.5 Å². The summed E-state index contributed by atoms with van der Waals surface area (Å²) in [5.74, 6) is 0. The predicted octanol–water partition coefficient (Wildman–Crippen LogP) is 14.1. The van der Waals surface area contributed by atoms with Crippen LogP contribution >= 0.6 is 11.3 Å². The fourth-order valence-corrected chi connectivity index (χ4v) is 8.98. The van der Waals surface area contributed by atoms with Crippen LogP contribution in [-0.2, 0) is 0 Å². The van der Waals surface area contributed by atoms with Crippen LogP contribution < -0.4 is 4.90 Å². The van der Waals surface area contributed by atoms with Gasteiger partial charge in [-0.3, -0.25) is 0 Å². The molecule has 50 heavy (non-hydrogen) atoms. The summed E-state index contributed by atoms with van der Waals surface area (Å²) >= 11 is 1.85. The minimum Gasteiger partial charge on any atom is -0.456 e. The molecule has 3 heterocycles. The Hall–Kier alpha value is -6.36. The third kappa shape index (κ3) is 3.97. The molecule has 8 aromatic carbocycles. The maximum atomic E-state index is 6.91. The van der Waals surface area contributed by atoms with Crippen LogP contribution in [0.2, 0.25) is 0 Å². The molecular weight excluding hydrogens is 631 g/mol. The van der Waals surface area contributed by atoms with Gasteiger partial charge in [-0.05, 0) is 71.1 Å². The standard InChI is InChI=1S/C46H27NO2S/c1-2-11-32-28(10-1)24-27-34-33-15-7-17-38(46(33)49-45(32)34)47(37-16-9-19-40-44(37)35-12-3-5-18-39(35)48-40)30-25-22-29(23-26-30)31-14-8-21-42-43(31)36-13-4-6-20-41(36)50-42/h1-27H. The summed E-state index contributed by atoms with van der Waals surface area (Å²) in [6.07, 6.45) is 0. The summed E-state index contributed by atoms with van der Waals surface area (Å²) in [6.45, 7) is 0. The van der Waals surface area contributed by atoms with Gasteiger partial charge in [0.2, 0.25) is 0 Å². The van der Waals surface area contributed by atoms with Crippen molar-refractivity contribution in [1.82, 2.24) is 0 Å². The molecule has 4 heteroatoms. The normalized spacial score (nSPS) is 12.0. The van der Waals surface area contributed by atoms with E-state index in [1.54, 1.807) is 0 Å². The Balaban J connectivity index is 1.17. The molecule has 0 aliphatic rings. The molecule has 0 unspecified atom stereocenters. The highest BCUT2D eigenvalue weighted by Gasteiger charge is 2.24. The van der Waals surface area contributed by atoms with Crippen molar-refractivity contribution in [1.29, 1.82) is 0 Å². The Morgan fingerprint density at radius 2 is 1.08 bits per heavy atom. The Bertz CT molecular complexity index is 3110. The zero-order valence-corrected chi connectivity index (χ0v) is 27.6. The van der Waals surface area contributed by atoms with Crippen molar-refractivity contribution in [2.45, 2.75) is 0 Å². The molecule has 0 N–H and O–H groups in total. The van der Waals surface area contributed by atoms with Crippen LogP contribution in [0.4, 0.5) is 17.1 Å². The number of hydrogen-bond acceptors (Lipinski definition) is 4. The smallest absolute Gasteiger partial charge is 0.159 e. The van der Waals surface area contributed by atoms with Gasteiger partial charge in [-0.15, -0.1) is 11.3 Å². The van der Waals surface area contributed by atoms with E-state index in [1.165, 1.54) is 31.3 Å². The van der Waals surface area contributed by atoms with E-state index in [9.17, 15) is 0 Å². The van der Waals surface area contributed by atoms with E-state index < -0.39 is 0 Å². The molecule has 0 amide bonds. The first-order chi connectivity index (χ1) is 24.8. The van der Waals surface area contributed by atoms with E-state index in [4.69, 9.17) is 8.83 Å². The number of anilines is 3. The van der Waals surface area contributed by atoms with Gasteiger partial charge in [-0.25, -0.2) is 0 Å². The SMILES string of the molecule is c1ccc2c(c1)ccc1c3cccc(N(c4ccc(-c5cccc6sc7ccccc7c56)cc4)c4cccc5oc6ccccc6c45)c3oc21. The van der Waals surface area contributed by atoms with Gasteiger partial charge in [0.25, 0.3) is 0 Å². The lowest BCUT2D eigenvalue weighted by Gasteiger charge is -2.26. The summed E-state index contributed by atoms with van der Waals surface area (Å²) < 4.78 is 15.9. The molecule has 234 valence electrons. The van der Waals surface area contributed by atoms with E-state index in [1.807, 2.05) is 23.5 Å². The first-order valence-corrected chi connectivity index (χ1v) is 17.7. The Morgan fingerprint density at radius 1 is 0.400 bits per heavy atom. The zero-order valence-electron chi connectivity index (χ0n) is 26.8. The Labute approximate surface area is 290 Å². The number of nitrogens with zero attached hydrogens (tertiary/aromatic N) is 1. The molecule has 0 aliphatic carbocycles. The number of fused-ring (bicyclic) bond motifs is 11. The molecule has 0 radical (unpaired) electrons. The van der Waals surface area contributed by atoms with Crippen molar-refractivity contribution in [2.24, 2.45) is 0 Å². The summed E-state index contributed by atoms with van der Waals surface area (Å²) in [5.41, 5.74) is 8.94. The second kappa shape index (κ2) is 10.6. The third-order valence-electron chi connectivity index (χ3n) is 10.1. The van der Waals surface area contributed by atoms with Gasteiger partial charge in [-0.2, -0.15) is 0 Å². The predicted molar refractivity (Wildman–Crippen MR) is 212 cm³/mol. The molecule has 0 saturated carbocycles. The van der Waals surface area contributed by atoms with Crippen molar-refractivity contribution in [3.8, 4) is 11.1 Å². The summed E-state index contributed by atoms with van der Waals surface area (Å²) in [6, 6.07) is 58.2. The zero-order chi connectivity index (χ0) is 32.8. The minimum absolute atomic E-state index is 0.849. The highest BCUT2D eigenvalue weighted by Crippen LogP contribution is 2.48. The van der Waals surface area contributed by atoms with Gasteiger partial charge >= 0.3 is 0 Å². The number of furan rings is 2. The van der Waals surface area contributed by atoms with E-state index in [-0.39, 0.29) is 0 Å². The van der Waals surface area contributed by atoms with Crippen molar-refractivity contribution in [3.05, 3.63) is 164 Å². The first kappa shape index (κ1) is 27.6. The number of rotatable bonds is 4. The highest BCUT2D eigenvalue weighted by molar-refractivity contribution is 7.25. The molecule has 0 aliphatic heterocycles. The fraction of sp³-hybridized carbons (Fsp3) is 0. The molecule has 0 saturated heterocycles. The lowest BCUT2D eigenvalue weighted by Crippen LogP contribution is -2.10. The van der Waals surface area contributed by atoms with E-state index >= 15 is 0 Å². The highest BCUT2D eigenvalue weighted by atomic mass is 32.1. The van der Waals surface area contributed by atoms with Crippen LogP contribution in [0.1, 0.15) is 0 Å². The van der Waals surface area contributed by atoms with Crippen molar-refractivity contribution >= 4 is 103 Å². The molecule has 3 aromatic heterocycles. The van der Waals surface area contributed by atoms with E-state index in [0.29, 0.717) is 0 Å². The van der Waals surface area contributed by atoms with Gasteiger partial charge in [-0.1, -0.05) is 109 Å². The molecule has 11 aromatic rings. The summed E-state index contributed by atoms with van der Waals surface area (Å²) in [4.78, 5) is 2.33. The number of benzene rings is 8. The average Bonchev–Trinajstić information content (AvgIpc) is 3.87. The van der Waals surface area contributed by atoms with Crippen LogP contribution in [0.5, 0.6) is 0 Å². The van der Waals surface area contributed by atoms with Gasteiger partial charge < -0.3 is 13.7 Å². The third-order valence-corrected chi connectivity index (χ3v) is 11.2. The number of thiophene rings is 1. The second-order valence-electron chi connectivity index (χ2n) is 12.8. The monoisotopic (exact) mass is 657 g/mol. The lowest BCUT2D eigenvalue weighted by molar-refractivity contribution is 0.668. The molecular formula is C46H27NO2S. The van der Waals surface area contributed by atoms with Gasteiger partial charge in [0.15, 0.2) is 5.58 Å². The van der Waals surface area contributed by atoms with Gasteiger partial charge in [0, 0.05) is 47.4 Å². The maximum absolute atomic E-state index is 6.91. The first-order valence-electron chi connectivity index (χ1n) is 16.8. The molecule has 0 bridgehead atoms. The van der Waals surface area contributed by atoms with Crippen LogP contribution in [0, 0.1) is 0 Å². The molecule has 0 fully saturated rings. The molecule has 11 rings (SSSR count). The van der Waals surface area contributed by atoms with E-state index in [2.05, 4.69) is 157 Å². The van der Waals surface area contributed by atoms with Gasteiger partial charge in [0.1, 0.15) is 16.7 Å². The number of para-hydroxylation sites is 2. The molecule has 3 nitrogen and oxygen atoms in total. The van der Waals surface area contributed by atoms with Crippen molar-refractivity contribution < 1.29 is 8.83 Å². The van der Waals surface area contributed by atoms with Crippen LogP contribution in [0.3, 0.4) is 0 Å². The quantitative estimate of drug-likeness (QED) is 0.189. The van der Waals surface area contributed by atoms with Crippen molar-refractivity contribution in [3.63, 3.8) is 0 Å². The lowest BCUT2D eigenvalue weighted by atomic mass is 9.99. The van der Waals surface area contributed by atoms with E-state index in [0.717, 1.165) is 71.7 Å². The molecule has 0 spiro atoms. The minimum atomic E-state index is 0.849. The second-order valence-corrected chi connectivity index (χ2v) is 13.9. The average molecular weight is 658 g/mol. The Morgan fingerprint density at radius 3 is 2.00 bits per heavy atom. The summed E-state index contributed by atoms with van der Waals surface area (Å²) in [5, 5.41) is 9.24. The number of hydrogen-bond donors (Lipinski definition) is 0. The van der Waals surface area contributed by atoms with Crippen LogP contribution in [0.15, 0.2) is 173 Å².